The van der Waals surface area contributed by atoms with Crippen LogP contribution in [0.15, 0.2) is 24.4 Å². The number of hydrogen-bond acceptors (Lipinski definition) is 6. The molecule has 2 N–H and O–H groups in total. The summed E-state index contributed by atoms with van der Waals surface area (Å²) in [5, 5.41) is 9.11. The van der Waals surface area contributed by atoms with Crippen molar-refractivity contribution in [1.29, 1.82) is 5.26 Å². The van der Waals surface area contributed by atoms with Gasteiger partial charge in [-0.15, -0.1) is 0 Å². The Morgan fingerprint density at radius 1 is 1.27 bits per heavy atom. The van der Waals surface area contributed by atoms with Crippen LogP contribution in [0.25, 0.3) is 5.69 Å². The summed E-state index contributed by atoms with van der Waals surface area (Å²) in [6.45, 7) is 5.02. The molecule has 0 fully saturated rings. The number of methoxy groups -OCH3 is 1. The van der Waals surface area contributed by atoms with E-state index in [1.165, 1.54) is 22.9 Å². The standard InChI is InChI=1S/C18H18FN3O4/c1-18(2,3)26-16(23)12-6-5-11(7-13(12)19)22-9-10(8-20)14(21)15(22)17(24)25-4/h5-7,9H,21H2,1-4H3. The van der Waals surface area contributed by atoms with Crippen molar-refractivity contribution in [2.75, 3.05) is 12.8 Å². The molecule has 0 aliphatic carbocycles. The van der Waals surface area contributed by atoms with Crippen molar-refractivity contribution in [3.63, 3.8) is 0 Å². The minimum Gasteiger partial charge on any atom is -0.464 e. The third-order valence-electron chi connectivity index (χ3n) is 3.39. The lowest BCUT2D eigenvalue weighted by Crippen LogP contribution is -2.24. The van der Waals surface area contributed by atoms with Crippen LogP contribution in [0.2, 0.25) is 0 Å². The number of aromatic nitrogens is 1. The molecule has 1 aromatic carbocycles. The number of ether oxygens (including phenoxy) is 2. The van der Waals surface area contributed by atoms with E-state index in [0.29, 0.717) is 0 Å². The Balaban J connectivity index is 2.52. The molecule has 8 heteroatoms. The van der Waals surface area contributed by atoms with E-state index in [4.69, 9.17) is 15.7 Å². The number of esters is 2. The Bertz CT molecular complexity index is 920. The van der Waals surface area contributed by atoms with Crippen molar-refractivity contribution in [3.8, 4) is 11.8 Å². The van der Waals surface area contributed by atoms with Crippen molar-refractivity contribution in [2.24, 2.45) is 0 Å². The van der Waals surface area contributed by atoms with Crippen LogP contribution in [0.1, 0.15) is 47.2 Å². The molecule has 0 radical (unpaired) electrons. The average Bonchev–Trinajstić information content (AvgIpc) is 2.88. The summed E-state index contributed by atoms with van der Waals surface area (Å²) >= 11 is 0. The van der Waals surface area contributed by atoms with Gasteiger partial charge < -0.3 is 19.8 Å². The highest BCUT2D eigenvalue weighted by Gasteiger charge is 2.24. The summed E-state index contributed by atoms with van der Waals surface area (Å²) in [5.74, 6) is -2.42. The largest absolute Gasteiger partial charge is 0.464 e. The van der Waals surface area contributed by atoms with Gasteiger partial charge >= 0.3 is 11.9 Å². The fourth-order valence-corrected chi connectivity index (χ4v) is 2.27. The van der Waals surface area contributed by atoms with Gasteiger partial charge in [0, 0.05) is 11.9 Å². The Kier molecular flexibility index (Phi) is 5.02. The number of nitrogens with zero attached hydrogens (tertiary/aromatic N) is 2. The van der Waals surface area contributed by atoms with Gasteiger partial charge in [0.25, 0.3) is 0 Å². The quantitative estimate of drug-likeness (QED) is 0.845. The van der Waals surface area contributed by atoms with Crippen LogP contribution in [-0.2, 0) is 9.47 Å². The zero-order chi connectivity index (χ0) is 19.6. The molecule has 7 nitrogen and oxygen atoms in total. The maximum Gasteiger partial charge on any atom is 0.357 e. The highest BCUT2D eigenvalue weighted by Crippen LogP contribution is 2.26. The number of rotatable bonds is 3. The minimum atomic E-state index is -0.835. The van der Waals surface area contributed by atoms with Gasteiger partial charge in [0.05, 0.1) is 23.9 Å². The highest BCUT2D eigenvalue weighted by atomic mass is 19.1. The smallest absolute Gasteiger partial charge is 0.357 e. The lowest BCUT2D eigenvalue weighted by Gasteiger charge is -2.19. The summed E-state index contributed by atoms with van der Waals surface area (Å²) in [6.07, 6.45) is 1.30. The SMILES string of the molecule is COC(=O)c1c(N)c(C#N)cn1-c1ccc(C(=O)OC(C)(C)C)c(F)c1. The second kappa shape index (κ2) is 6.88. The first-order valence-electron chi connectivity index (χ1n) is 7.61. The number of carbonyl (C=O) groups excluding carboxylic acids is 2. The third kappa shape index (κ3) is 3.67. The van der Waals surface area contributed by atoms with E-state index in [0.717, 1.165) is 13.2 Å². The summed E-state index contributed by atoms with van der Waals surface area (Å²) in [5.41, 5.74) is 4.85. The van der Waals surface area contributed by atoms with Crippen molar-refractivity contribution in [3.05, 3.63) is 47.0 Å². The summed E-state index contributed by atoms with van der Waals surface area (Å²) < 4.78 is 25.5. The first-order chi connectivity index (χ1) is 12.1. The summed E-state index contributed by atoms with van der Waals surface area (Å²) in [6, 6.07) is 5.55. The van der Waals surface area contributed by atoms with Gasteiger partial charge in [0.1, 0.15) is 17.5 Å². The molecule has 0 saturated carbocycles. The fourth-order valence-electron chi connectivity index (χ4n) is 2.27. The van der Waals surface area contributed by atoms with Gasteiger partial charge in [0.2, 0.25) is 0 Å². The van der Waals surface area contributed by atoms with Crippen LogP contribution in [0.5, 0.6) is 0 Å². The van der Waals surface area contributed by atoms with Crippen LogP contribution < -0.4 is 5.73 Å². The molecule has 2 aromatic rings. The monoisotopic (exact) mass is 359 g/mol. The van der Waals surface area contributed by atoms with Gasteiger partial charge in [-0.3, -0.25) is 0 Å². The van der Waals surface area contributed by atoms with Gasteiger partial charge in [-0.2, -0.15) is 5.26 Å². The lowest BCUT2D eigenvalue weighted by atomic mass is 10.1. The van der Waals surface area contributed by atoms with E-state index < -0.39 is 23.4 Å². The molecule has 136 valence electrons. The second-order valence-corrected chi connectivity index (χ2v) is 6.44. The van der Waals surface area contributed by atoms with Crippen molar-refractivity contribution in [1.82, 2.24) is 4.57 Å². The van der Waals surface area contributed by atoms with E-state index in [1.807, 2.05) is 6.07 Å². The van der Waals surface area contributed by atoms with Gasteiger partial charge in [-0.05, 0) is 39.0 Å². The van der Waals surface area contributed by atoms with E-state index in [2.05, 4.69) is 4.74 Å². The van der Waals surface area contributed by atoms with Gasteiger partial charge in [-0.1, -0.05) is 0 Å². The van der Waals surface area contributed by atoms with Crippen molar-refractivity contribution < 1.29 is 23.5 Å². The molecule has 2 rings (SSSR count). The van der Waals surface area contributed by atoms with Gasteiger partial charge in [0.15, 0.2) is 5.69 Å². The molecule has 0 aliphatic rings. The van der Waals surface area contributed by atoms with Crippen LogP contribution >= 0.6 is 0 Å². The number of hydrogen-bond donors (Lipinski definition) is 1. The minimum absolute atomic E-state index is 0.0435. The zero-order valence-electron chi connectivity index (χ0n) is 14.8. The molecule has 0 amide bonds. The van der Waals surface area contributed by atoms with Gasteiger partial charge in [-0.25, -0.2) is 14.0 Å². The van der Waals surface area contributed by atoms with E-state index in [-0.39, 0.29) is 28.2 Å². The zero-order valence-corrected chi connectivity index (χ0v) is 14.8. The van der Waals surface area contributed by atoms with Crippen molar-refractivity contribution in [2.45, 2.75) is 26.4 Å². The summed E-state index contributed by atoms with van der Waals surface area (Å²) in [4.78, 5) is 24.0. The fraction of sp³-hybridized carbons (Fsp3) is 0.278. The summed E-state index contributed by atoms with van der Waals surface area (Å²) in [7, 11) is 1.16. The highest BCUT2D eigenvalue weighted by molar-refractivity contribution is 5.96. The van der Waals surface area contributed by atoms with Crippen LogP contribution in [0.3, 0.4) is 0 Å². The Hall–Kier alpha value is -3.34. The topological polar surface area (TPSA) is 107 Å². The molecule has 0 atom stereocenters. The number of nitriles is 1. The first kappa shape index (κ1) is 19.0. The number of carbonyl (C=O) groups is 2. The Morgan fingerprint density at radius 2 is 1.92 bits per heavy atom. The number of nitrogens with two attached hydrogens (primary N) is 1. The number of nitrogen functional groups attached to an aromatic ring is 1. The lowest BCUT2D eigenvalue weighted by molar-refractivity contribution is 0.00645. The molecular formula is C18H18FN3O4. The molecule has 26 heavy (non-hydrogen) atoms. The molecule has 1 heterocycles. The number of benzene rings is 1. The van der Waals surface area contributed by atoms with E-state index >= 15 is 0 Å². The maximum atomic E-state index is 14.4. The van der Waals surface area contributed by atoms with E-state index in [9.17, 15) is 14.0 Å². The van der Waals surface area contributed by atoms with Crippen LogP contribution in [0.4, 0.5) is 10.1 Å². The molecular weight excluding hydrogens is 341 g/mol. The Labute approximate surface area is 149 Å². The predicted octanol–water partition coefficient (Wildman–Crippen LogP) is 2.81. The normalized spacial score (nSPS) is 10.9. The molecule has 0 saturated heterocycles. The first-order valence-corrected chi connectivity index (χ1v) is 7.61. The maximum absolute atomic E-state index is 14.4. The van der Waals surface area contributed by atoms with E-state index in [1.54, 1.807) is 20.8 Å². The second-order valence-electron chi connectivity index (χ2n) is 6.44. The molecule has 1 aromatic heterocycles. The average molecular weight is 359 g/mol. The van der Waals surface area contributed by atoms with Crippen LogP contribution in [0, 0.1) is 17.1 Å². The number of anilines is 1. The Morgan fingerprint density at radius 3 is 2.42 bits per heavy atom. The molecule has 0 spiro atoms. The predicted molar refractivity (Wildman–Crippen MR) is 91.4 cm³/mol. The molecule has 0 unspecified atom stereocenters. The van der Waals surface area contributed by atoms with Crippen molar-refractivity contribution >= 4 is 17.6 Å². The molecule has 0 aliphatic heterocycles. The number of halogens is 1. The molecule has 0 bridgehead atoms. The third-order valence-corrected chi connectivity index (χ3v) is 3.39. The van der Waals surface area contributed by atoms with Crippen LogP contribution in [-0.4, -0.2) is 29.2 Å².